The fraction of sp³-hybridized carbons (Fsp3) is 0.250. The average Bonchev–Trinajstić information content (AvgIpc) is 3.05. The molecule has 1 saturated heterocycles. The van der Waals surface area contributed by atoms with Crippen LogP contribution in [0.3, 0.4) is 0 Å². The quantitative estimate of drug-likeness (QED) is 0.725. The first-order chi connectivity index (χ1) is 13.4. The Labute approximate surface area is 172 Å². The second-order valence-corrected chi connectivity index (χ2v) is 7.20. The van der Waals surface area contributed by atoms with Gasteiger partial charge in [-0.3, -0.25) is 14.4 Å². The fourth-order valence-electron chi connectivity index (χ4n) is 2.93. The Kier molecular flexibility index (Phi) is 6.54. The molecular weight excluding hydrogens is 403 g/mol. The first-order valence-electron chi connectivity index (χ1n) is 8.66. The lowest BCUT2D eigenvalue weighted by Crippen LogP contribution is -2.28. The molecule has 146 valence electrons. The highest BCUT2D eigenvalue weighted by atomic mass is 35.5. The van der Waals surface area contributed by atoms with Crippen LogP contribution in [0.15, 0.2) is 48.5 Å². The topological polar surface area (TPSA) is 75.7 Å². The van der Waals surface area contributed by atoms with Crippen molar-refractivity contribution in [1.29, 1.82) is 0 Å². The molecule has 1 heterocycles. The largest absolute Gasteiger partial charge is 0.455 e. The van der Waals surface area contributed by atoms with Crippen molar-refractivity contribution in [3.63, 3.8) is 0 Å². The lowest BCUT2D eigenvalue weighted by molar-refractivity contribution is -0.151. The van der Waals surface area contributed by atoms with E-state index in [2.05, 4.69) is 5.32 Å². The zero-order chi connectivity index (χ0) is 20.1. The molecule has 0 saturated carbocycles. The molecule has 0 unspecified atom stereocenters. The number of benzene rings is 2. The zero-order valence-corrected chi connectivity index (χ0v) is 16.4. The van der Waals surface area contributed by atoms with Crippen LogP contribution < -0.4 is 5.32 Å². The van der Waals surface area contributed by atoms with E-state index in [4.69, 9.17) is 27.9 Å². The van der Waals surface area contributed by atoms with Gasteiger partial charge in [0, 0.05) is 19.5 Å². The molecule has 1 aliphatic heterocycles. The van der Waals surface area contributed by atoms with Gasteiger partial charge in [-0.1, -0.05) is 59.6 Å². The Bertz CT molecular complexity index is 889. The number of likely N-dealkylation sites (tertiary alicyclic amines) is 1. The van der Waals surface area contributed by atoms with Gasteiger partial charge in [0.2, 0.25) is 5.91 Å². The SMILES string of the molecule is O=C(COC(=O)[C@@H]1CC(=O)N(Cc2ccccc2)C1)Nc1cccc(Cl)c1Cl. The number of nitrogens with one attached hydrogen (secondary N) is 1. The average molecular weight is 421 g/mol. The van der Waals surface area contributed by atoms with Crippen molar-refractivity contribution in [1.82, 2.24) is 4.90 Å². The summed E-state index contributed by atoms with van der Waals surface area (Å²) in [4.78, 5) is 38.0. The Morgan fingerprint density at radius 3 is 2.61 bits per heavy atom. The van der Waals surface area contributed by atoms with E-state index in [9.17, 15) is 14.4 Å². The second kappa shape index (κ2) is 9.08. The molecule has 2 aromatic carbocycles. The van der Waals surface area contributed by atoms with Gasteiger partial charge in [-0.2, -0.15) is 0 Å². The van der Waals surface area contributed by atoms with E-state index in [0.29, 0.717) is 17.3 Å². The van der Waals surface area contributed by atoms with E-state index in [1.54, 1.807) is 23.1 Å². The molecule has 1 atom stereocenters. The van der Waals surface area contributed by atoms with Crippen LogP contribution in [0.2, 0.25) is 10.0 Å². The number of hydrogen-bond donors (Lipinski definition) is 1. The summed E-state index contributed by atoms with van der Waals surface area (Å²) in [6, 6.07) is 14.4. The molecule has 3 rings (SSSR count). The summed E-state index contributed by atoms with van der Waals surface area (Å²) >= 11 is 11.9. The van der Waals surface area contributed by atoms with Gasteiger partial charge in [0.15, 0.2) is 6.61 Å². The maximum atomic E-state index is 12.2. The second-order valence-electron chi connectivity index (χ2n) is 6.42. The van der Waals surface area contributed by atoms with Crippen molar-refractivity contribution >= 4 is 46.7 Å². The molecule has 28 heavy (non-hydrogen) atoms. The van der Waals surface area contributed by atoms with Gasteiger partial charge < -0.3 is 15.0 Å². The van der Waals surface area contributed by atoms with Crippen LogP contribution in [0, 0.1) is 5.92 Å². The number of halogens is 2. The van der Waals surface area contributed by atoms with Gasteiger partial charge in [0.25, 0.3) is 5.91 Å². The Hall–Kier alpha value is -2.57. The number of amides is 2. The first kappa shape index (κ1) is 20.2. The number of rotatable bonds is 6. The molecule has 0 radical (unpaired) electrons. The highest BCUT2D eigenvalue weighted by molar-refractivity contribution is 6.44. The highest BCUT2D eigenvalue weighted by Gasteiger charge is 2.35. The summed E-state index contributed by atoms with van der Waals surface area (Å²) in [7, 11) is 0. The molecule has 1 fully saturated rings. The molecule has 0 bridgehead atoms. The smallest absolute Gasteiger partial charge is 0.311 e. The fourth-order valence-corrected chi connectivity index (χ4v) is 3.28. The van der Waals surface area contributed by atoms with Gasteiger partial charge in [-0.05, 0) is 17.7 Å². The van der Waals surface area contributed by atoms with E-state index < -0.39 is 24.4 Å². The third kappa shape index (κ3) is 5.03. The van der Waals surface area contributed by atoms with E-state index >= 15 is 0 Å². The predicted octanol–water partition coefficient (Wildman–Crippen LogP) is 3.52. The van der Waals surface area contributed by atoms with Gasteiger partial charge in [-0.25, -0.2) is 0 Å². The van der Waals surface area contributed by atoms with Crippen LogP contribution in [0.5, 0.6) is 0 Å². The maximum Gasteiger partial charge on any atom is 0.311 e. The van der Waals surface area contributed by atoms with E-state index in [1.165, 1.54) is 0 Å². The molecular formula is C20H18Cl2N2O4. The van der Waals surface area contributed by atoms with Crippen LogP contribution >= 0.6 is 23.2 Å². The van der Waals surface area contributed by atoms with Crippen molar-refractivity contribution in [2.75, 3.05) is 18.5 Å². The number of carbonyl (C=O) groups is 3. The Morgan fingerprint density at radius 2 is 1.86 bits per heavy atom. The van der Waals surface area contributed by atoms with Crippen LogP contribution in [0.25, 0.3) is 0 Å². The molecule has 0 aliphatic carbocycles. The molecule has 1 N–H and O–H groups in total. The molecule has 6 nitrogen and oxygen atoms in total. The molecule has 0 aromatic heterocycles. The molecule has 2 amide bonds. The number of hydrogen-bond acceptors (Lipinski definition) is 4. The standard InChI is InChI=1S/C20H18Cl2N2O4/c21-15-7-4-8-16(19(15)22)23-17(25)12-28-20(27)14-9-18(26)24(11-14)10-13-5-2-1-3-6-13/h1-8,14H,9-12H2,(H,23,25)/t14-/m1/s1. The van der Waals surface area contributed by atoms with Gasteiger partial charge >= 0.3 is 5.97 Å². The number of esters is 1. The minimum absolute atomic E-state index is 0.0768. The van der Waals surface area contributed by atoms with Crippen molar-refractivity contribution in [3.8, 4) is 0 Å². The van der Waals surface area contributed by atoms with Gasteiger partial charge in [0.05, 0.1) is 21.7 Å². The van der Waals surface area contributed by atoms with Crippen molar-refractivity contribution < 1.29 is 19.1 Å². The molecule has 8 heteroatoms. The predicted molar refractivity (Wildman–Crippen MR) is 106 cm³/mol. The highest BCUT2D eigenvalue weighted by Crippen LogP contribution is 2.29. The van der Waals surface area contributed by atoms with E-state index in [-0.39, 0.29) is 23.9 Å². The number of carbonyl (C=O) groups excluding carboxylic acids is 3. The van der Waals surface area contributed by atoms with Gasteiger partial charge in [0.1, 0.15) is 0 Å². The lowest BCUT2D eigenvalue weighted by Gasteiger charge is -2.16. The van der Waals surface area contributed by atoms with Crippen LogP contribution in [-0.2, 0) is 25.7 Å². The molecule has 1 aliphatic rings. The number of nitrogens with zero attached hydrogens (tertiary/aromatic N) is 1. The third-order valence-electron chi connectivity index (χ3n) is 4.34. The van der Waals surface area contributed by atoms with Crippen molar-refractivity contribution in [3.05, 3.63) is 64.1 Å². The van der Waals surface area contributed by atoms with Gasteiger partial charge in [-0.15, -0.1) is 0 Å². The third-order valence-corrected chi connectivity index (χ3v) is 5.15. The Morgan fingerprint density at radius 1 is 1.11 bits per heavy atom. The van der Waals surface area contributed by atoms with Crippen LogP contribution in [-0.4, -0.2) is 35.8 Å². The van der Waals surface area contributed by atoms with E-state index in [0.717, 1.165) is 5.56 Å². The van der Waals surface area contributed by atoms with Crippen LogP contribution in [0.4, 0.5) is 5.69 Å². The lowest BCUT2D eigenvalue weighted by atomic mass is 10.1. The van der Waals surface area contributed by atoms with E-state index in [1.807, 2.05) is 30.3 Å². The minimum atomic E-state index is -0.584. The summed E-state index contributed by atoms with van der Waals surface area (Å²) in [5.74, 6) is -1.81. The van der Waals surface area contributed by atoms with Crippen LogP contribution in [0.1, 0.15) is 12.0 Å². The normalized spacial score (nSPS) is 16.1. The number of ether oxygens (including phenoxy) is 1. The summed E-state index contributed by atoms with van der Waals surface area (Å²) in [6.45, 7) is 0.247. The summed E-state index contributed by atoms with van der Waals surface area (Å²) in [6.07, 6.45) is 0.0768. The minimum Gasteiger partial charge on any atom is -0.455 e. The zero-order valence-electron chi connectivity index (χ0n) is 14.9. The number of anilines is 1. The van der Waals surface area contributed by atoms with Crippen molar-refractivity contribution in [2.24, 2.45) is 5.92 Å². The maximum absolute atomic E-state index is 12.2. The summed E-state index contributed by atoms with van der Waals surface area (Å²) < 4.78 is 5.07. The molecule has 0 spiro atoms. The monoisotopic (exact) mass is 420 g/mol. The Balaban J connectivity index is 1.49. The first-order valence-corrected chi connectivity index (χ1v) is 9.42. The summed E-state index contributed by atoms with van der Waals surface area (Å²) in [5.41, 5.74) is 1.32. The summed E-state index contributed by atoms with van der Waals surface area (Å²) in [5, 5.41) is 3.05. The molecule has 2 aromatic rings. The van der Waals surface area contributed by atoms with Crippen molar-refractivity contribution in [2.45, 2.75) is 13.0 Å².